The highest BCUT2D eigenvalue weighted by atomic mass is 16.5. The molecule has 0 amide bonds. The van der Waals surface area contributed by atoms with Gasteiger partial charge in [0.2, 0.25) is 0 Å². The second kappa shape index (κ2) is 10.3. The van der Waals surface area contributed by atoms with Crippen molar-refractivity contribution < 1.29 is 19.0 Å². The van der Waals surface area contributed by atoms with Crippen molar-refractivity contribution in [3.8, 4) is 34.0 Å². The lowest BCUT2D eigenvalue weighted by Gasteiger charge is -2.11. The van der Waals surface area contributed by atoms with Gasteiger partial charge in [-0.2, -0.15) is 5.10 Å². The fourth-order valence-electron chi connectivity index (χ4n) is 4.08. The van der Waals surface area contributed by atoms with E-state index in [2.05, 4.69) is 19.1 Å². The Kier molecular flexibility index (Phi) is 6.97. The summed E-state index contributed by atoms with van der Waals surface area (Å²) in [5.74, 6) is 1.23. The van der Waals surface area contributed by atoms with Crippen LogP contribution in [0.25, 0.3) is 22.5 Å². The summed E-state index contributed by atoms with van der Waals surface area (Å²) in [5, 5.41) is 5.06. The van der Waals surface area contributed by atoms with Gasteiger partial charge in [-0.15, -0.1) is 0 Å². The molecule has 0 unspecified atom stereocenters. The van der Waals surface area contributed by atoms with Gasteiger partial charge in [-0.3, -0.25) is 4.68 Å². The lowest BCUT2D eigenvalue weighted by atomic mass is 9.99. The van der Waals surface area contributed by atoms with Gasteiger partial charge in [-0.05, 0) is 48.4 Å². The molecule has 0 aliphatic carbocycles. The van der Waals surface area contributed by atoms with Gasteiger partial charge in [0.25, 0.3) is 0 Å². The molecule has 0 aliphatic heterocycles. The first-order chi connectivity index (χ1) is 16.6. The van der Waals surface area contributed by atoms with Crippen LogP contribution in [0.5, 0.6) is 11.5 Å². The summed E-state index contributed by atoms with van der Waals surface area (Å²) >= 11 is 0. The summed E-state index contributed by atoms with van der Waals surface area (Å²) in [7, 11) is 4.71. The highest BCUT2D eigenvalue weighted by molar-refractivity contribution is 5.89. The van der Waals surface area contributed by atoms with Gasteiger partial charge < -0.3 is 14.2 Å². The zero-order valence-corrected chi connectivity index (χ0v) is 19.9. The average molecular weight is 457 g/mol. The summed E-state index contributed by atoms with van der Waals surface area (Å²) in [6.07, 6.45) is 0.806. The first kappa shape index (κ1) is 23.1. The number of benzene rings is 3. The molecular weight excluding hydrogens is 428 g/mol. The molecule has 1 aromatic heterocycles. The Hall–Kier alpha value is -4.06. The van der Waals surface area contributed by atoms with Gasteiger partial charge in [0.05, 0.1) is 44.8 Å². The van der Waals surface area contributed by atoms with Gasteiger partial charge in [0.1, 0.15) is 11.5 Å². The molecule has 0 aliphatic rings. The molecule has 0 atom stereocenters. The molecule has 0 saturated carbocycles. The average Bonchev–Trinajstić information content (AvgIpc) is 3.26. The maximum absolute atomic E-state index is 11.8. The molecule has 4 rings (SSSR count). The van der Waals surface area contributed by atoms with Crippen LogP contribution in [0.1, 0.15) is 28.4 Å². The van der Waals surface area contributed by atoms with E-state index in [1.54, 1.807) is 26.4 Å². The van der Waals surface area contributed by atoms with Crippen LogP contribution >= 0.6 is 0 Å². The summed E-state index contributed by atoms with van der Waals surface area (Å²) in [5.41, 5.74) is 6.68. The number of hydrogen-bond acceptors (Lipinski definition) is 5. The third-order valence-corrected chi connectivity index (χ3v) is 5.80. The highest BCUT2D eigenvalue weighted by Gasteiger charge is 2.20. The first-order valence-corrected chi connectivity index (χ1v) is 11.1. The standard InChI is InChI=1S/C28H28N2O4/c1-5-25-26(21-8-6-10-23(16-21)32-2)29-30(27(25)22-9-7-11-24(17-22)33-3)18-19-12-14-20(15-13-19)28(31)34-4/h6-17H,5,18H2,1-4H3. The SMILES string of the molecule is CCc1c(-c2cccc(OC)c2)nn(Cc2ccc(C(=O)OC)cc2)c1-c1cccc(OC)c1. The van der Waals surface area contributed by atoms with Crippen LogP contribution < -0.4 is 9.47 Å². The van der Waals surface area contributed by atoms with Crippen LogP contribution in [0.4, 0.5) is 0 Å². The minimum atomic E-state index is -0.351. The van der Waals surface area contributed by atoms with E-state index in [1.165, 1.54) is 7.11 Å². The van der Waals surface area contributed by atoms with E-state index < -0.39 is 0 Å². The largest absolute Gasteiger partial charge is 0.497 e. The monoisotopic (exact) mass is 456 g/mol. The predicted molar refractivity (Wildman–Crippen MR) is 132 cm³/mol. The van der Waals surface area contributed by atoms with Gasteiger partial charge in [-0.1, -0.05) is 43.3 Å². The van der Waals surface area contributed by atoms with Crippen molar-refractivity contribution >= 4 is 5.97 Å². The number of nitrogens with zero attached hydrogens (tertiary/aromatic N) is 2. The zero-order chi connectivity index (χ0) is 24.1. The molecule has 6 heteroatoms. The van der Waals surface area contributed by atoms with Crippen molar-refractivity contribution in [1.29, 1.82) is 0 Å². The fraction of sp³-hybridized carbons (Fsp3) is 0.214. The van der Waals surface area contributed by atoms with Gasteiger partial charge in [0.15, 0.2) is 0 Å². The molecule has 34 heavy (non-hydrogen) atoms. The molecule has 3 aromatic carbocycles. The Balaban J connectivity index is 1.85. The number of aromatic nitrogens is 2. The molecular formula is C28H28N2O4. The van der Waals surface area contributed by atoms with Crippen LogP contribution in [0.15, 0.2) is 72.8 Å². The van der Waals surface area contributed by atoms with Crippen LogP contribution in [-0.2, 0) is 17.7 Å². The second-order valence-corrected chi connectivity index (χ2v) is 7.84. The van der Waals surface area contributed by atoms with Crippen LogP contribution in [0.2, 0.25) is 0 Å². The van der Waals surface area contributed by atoms with Crippen molar-refractivity contribution in [2.24, 2.45) is 0 Å². The third-order valence-electron chi connectivity index (χ3n) is 5.80. The van der Waals surface area contributed by atoms with Crippen molar-refractivity contribution in [2.75, 3.05) is 21.3 Å². The molecule has 0 bridgehead atoms. The number of hydrogen-bond donors (Lipinski definition) is 0. The minimum absolute atomic E-state index is 0.351. The van der Waals surface area contributed by atoms with E-state index in [0.29, 0.717) is 12.1 Å². The summed E-state index contributed by atoms with van der Waals surface area (Å²) in [6.45, 7) is 2.69. The van der Waals surface area contributed by atoms with Gasteiger partial charge in [-0.25, -0.2) is 4.79 Å². The van der Waals surface area contributed by atoms with Crippen molar-refractivity contribution in [2.45, 2.75) is 19.9 Å². The van der Waals surface area contributed by atoms with E-state index >= 15 is 0 Å². The van der Waals surface area contributed by atoms with Crippen LogP contribution in [0, 0.1) is 0 Å². The predicted octanol–water partition coefficient (Wildman–Crippen LogP) is 5.63. The summed E-state index contributed by atoms with van der Waals surface area (Å²) in [4.78, 5) is 11.8. The third kappa shape index (κ3) is 4.66. The maximum atomic E-state index is 11.8. The van der Waals surface area contributed by atoms with E-state index in [4.69, 9.17) is 19.3 Å². The van der Waals surface area contributed by atoms with Gasteiger partial charge in [0, 0.05) is 16.7 Å². The Bertz CT molecular complexity index is 1290. The van der Waals surface area contributed by atoms with E-state index in [-0.39, 0.29) is 5.97 Å². The molecule has 6 nitrogen and oxygen atoms in total. The number of carbonyl (C=O) groups excluding carboxylic acids is 1. The lowest BCUT2D eigenvalue weighted by Crippen LogP contribution is -2.06. The molecule has 0 N–H and O–H groups in total. The Morgan fingerprint density at radius 2 is 1.47 bits per heavy atom. The molecule has 0 saturated heterocycles. The number of rotatable bonds is 8. The molecule has 1 heterocycles. The van der Waals surface area contributed by atoms with E-state index in [0.717, 1.165) is 51.6 Å². The smallest absolute Gasteiger partial charge is 0.337 e. The Morgan fingerprint density at radius 3 is 2.06 bits per heavy atom. The molecule has 174 valence electrons. The first-order valence-electron chi connectivity index (χ1n) is 11.1. The normalized spacial score (nSPS) is 10.7. The minimum Gasteiger partial charge on any atom is -0.497 e. The number of carbonyl (C=O) groups is 1. The Labute approximate surface area is 199 Å². The molecule has 0 fully saturated rings. The van der Waals surface area contributed by atoms with Crippen molar-refractivity contribution in [3.63, 3.8) is 0 Å². The highest BCUT2D eigenvalue weighted by Crippen LogP contribution is 2.35. The number of ether oxygens (including phenoxy) is 3. The fourth-order valence-corrected chi connectivity index (χ4v) is 4.08. The van der Waals surface area contributed by atoms with Crippen LogP contribution in [0.3, 0.4) is 0 Å². The van der Waals surface area contributed by atoms with E-state index in [9.17, 15) is 4.79 Å². The Morgan fingerprint density at radius 1 is 0.853 bits per heavy atom. The molecule has 4 aromatic rings. The number of esters is 1. The van der Waals surface area contributed by atoms with Crippen molar-refractivity contribution in [1.82, 2.24) is 9.78 Å². The topological polar surface area (TPSA) is 62.6 Å². The zero-order valence-electron chi connectivity index (χ0n) is 19.9. The van der Waals surface area contributed by atoms with Crippen molar-refractivity contribution in [3.05, 3.63) is 89.5 Å². The molecule has 0 radical (unpaired) electrons. The van der Waals surface area contributed by atoms with Crippen LogP contribution in [-0.4, -0.2) is 37.1 Å². The lowest BCUT2D eigenvalue weighted by molar-refractivity contribution is 0.0600. The quantitative estimate of drug-likeness (QED) is 0.322. The summed E-state index contributed by atoms with van der Waals surface area (Å²) < 4.78 is 17.8. The summed E-state index contributed by atoms with van der Waals surface area (Å²) in [6, 6.07) is 23.4. The molecule has 0 spiro atoms. The van der Waals surface area contributed by atoms with Gasteiger partial charge >= 0.3 is 5.97 Å². The second-order valence-electron chi connectivity index (χ2n) is 7.84. The maximum Gasteiger partial charge on any atom is 0.337 e. The van der Waals surface area contributed by atoms with E-state index in [1.807, 2.05) is 53.2 Å². The number of methoxy groups -OCH3 is 3.